The van der Waals surface area contributed by atoms with Crippen LogP contribution < -0.4 is 4.74 Å². The van der Waals surface area contributed by atoms with Gasteiger partial charge in [0.15, 0.2) is 0 Å². The summed E-state index contributed by atoms with van der Waals surface area (Å²) >= 11 is 11.6. The molecule has 1 unspecified atom stereocenters. The molecule has 2 heterocycles. The number of nitrogens with zero attached hydrogens (tertiary/aromatic N) is 2. The Morgan fingerprint density at radius 2 is 1.96 bits per heavy atom. The summed E-state index contributed by atoms with van der Waals surface area (Å²) in [7, 11) is 2.03. The first kappa shape index (κ1) is 20.4. The van der Waals surface area contributed by atoms with Crippen molar-refractivity contribution in [3.63, 3.8) is 0 Å². The highest BCUT2D eigenvalue weighted by atomic mass is 35.5. The molecule has 0 saturated carbocycles. The second-order valence-corrected chi connectivity index (χ2v) is 6.98. The minimum absolute atomic E-state index is 0.181. The van der Waals surface area contributed by atoms with Crippen molar-refractivity contribution in [2.24, 2.45) is 0 Å². The van der Waals surface area contributed by atoms with Crippen molar-refractivity contribution in [1.29, 1.82) is 0 Å². The van der Waals surface area contributed by atoms with Crippen molar-refractivity contribution < 1.29 is 24.5 Å². The van der Waals surface area contributed by atoms with E-state index in [9.17, 15) is 0 Å². The minimum Gasteiger partial charge on any atom is -0.488 e. The van der Waals surface area contributed by atoms with Crippen LogP contribution >= 0.6 is 23.8 Å². The van der Waals surface area contributed by atoms with Gasteiger partial charge in [0.05, 0.1) is 12.1 Å². The molecule has 2 aliphatic rings. The SMILES string of the molecule is CN1CC(CCN2CCC2)Oc2ccc(Cl)cc2C1=S.O=C(O)C(=O)O. The van der Waals surface area contributed by atoms with Gasteiger partial charge in [-0.2, -0.15) is 0 Å². The number of halogens is 1. The van der Waals surface area contributed by atoms with Crippen LogP contribution in [0.15, 0.2) is 18.2 Å². The van der Waals surface area contributed by atoms with Crippen LogP contribution in [0.2, 0.25) is 5.02 Å². The van der Waals surface area contributed by atoms with Crippen LogP contribution in [0.3, 0.4) is 0 Å². The summed E-state index contributed by atoms with van der Waals surface area (Å²) < 4.78 is 6.16. The maximum absolute atomic E-state index is 9.10. The number of fused-ring (bicyclic) bond motifs is 1. The molecule has 1 fully saturated rings. The zero-order chi connectivity index (χ0) is 19.3. The number of hydrogen-bond donors (Lipinski definition) is 2. The van der Waals surface area contributed by atoms with Gasteiger partial charge in [-0.3, -0.25) is 0 Å². The monoisotopic (exact) mass is 400 g/mol. The number of carboxylic acids is 2. The minimum atomic E-state index is -1.82. The summed E-state index contributed by atoms with van der Waals surface area (Å²) in [4.78, 5) is 23.6. The Morgan fingerprint density at radius 1 is 1.31 bits per heavy atom. The van der Waals surface area contributed by atoms with Crippen LogP contribution in [0.25, 0.3) is 0 Å². The third-order valence-corrected chi connectivity index (χ3v) is 4.96. The van der Waals surface area contributed by atoms with E-state index in [4.69, 9.17) is 48.4 Å². The van der Waals surface area contributed by atoms with Gasteiger partial charge >= 0.3 is 11.9 Å². The van der Waals surface area contributed by atoms with Crippen molar-refractivity contribution >= 4 is 40.7 Å². The van der Waals surface area contributed by atoms with Crippen LogP contribution in [0, 0.1) is 0 Å². The van der Waals surface area contributed by atoms with E-state index in [1.807, 2.05) is 25.2 Å². The van der Waals surface area contributed by atoms with Crippen LogP contribution in [0.4, 0.5) is 0 Å². The highest BCUT2D eigenvalue weighted by molar-refractivity contribution is 7.80. The molecular weight excluding hydrogens is 380 g/mol. The first-order valence-corrected chi connectivity index (χ1v) is 8.96. The Morgan fingerprint density at radius 3 is 2.50 bits per heavy atom. The molecule has 1 aromatic carbocycles. The molecular formula is C17H21ClN2O5S. The van der Waals surface area contributed by atoms with Gasteiger partial charge in [0.25, 0.3) is 0 Å². The van der Waals surface area contributed by atoms with Gasteiger partial charge < -0.3 is 24.7 Å². The fraction of sp³-hybridized carbons (Fsp3) is 0.471. The molecule has 26 heavy (non-hydrogen) atoms. The fourth-order valence-corrected chi connectivity index (χ4v) is 3.07. The van der Waals surface area contributed by atoms with Crippen LogP contribution in [0.5, 0.6) is 5.75 Å². The quantitative estimate of drug-likeness (QED) is 0.587. The molecule has 2 N–H and O–H groups in total. The molecule has 2 aliphatic heterocycles. The summed E-state index contributed by atoms with van der Waals surface area (Å²) in [6.07, 6.45) is 2.55. The summed E-state index contributed by atoms with van der Waals surface area (Å²) in [5.74, 6) is -2.79. The maximum atomic E-state index is 9.10. The van der Waals surface area contributed by atoms with Crippen molar-refractivity contribution in [3.05, 3.63) is 28.8 Å². The molecule has 7 nitrogen and oxygen atoms in total. The molecule has 1 atom stereocenters. The number of thiocarbonyl (C=S) groups is 1. The number of hydrogen-bond acceptors (Lipinski definition) is 5. The topological polar surface area (TPSA) is 90.3 Å². The van der Waals surface area contributed by atoms with Gasteiger partial charge in [-0.15, -0.1) is 0 Å². The molecule has 0 spiro atoms. The molecule has 9 heteroatoms. The molecule has 0 amide bonds. The van der Waals surface area contributed by atoms with Crippen molar-refractivity contribution in [2.75, 3.05) is 33.2 Å². The molecule has 0 aliphatic carbocycles. The number of ether oxygens (including phenoxy) is 1. The second-order valence-electron chi connectivity index (χ2n) is 6.16. The van der Waals surface area contributed by atoms with E-state index in [0.717, 1.165) is 35.8 Å². The number of likely N-dealkylation sites (tertiary alicyclic amines) is 1. The molecule has 1 aromatic rings. The Labute approximate surface area is 162 Å². The second kappa shape index (κ2) is 9.16. The van der Waals surface area contributed by atoms with Gasteiger partial charge in [-0.05, 0) is 44.1 Å². The third-order valence-electron chi connectivity index (χ3n) is 4.19. The van der Waals surface area contributed by atoms with E-state index in [1.54, 1.807) is 0 Å². The van der Waals surface area contributed by atoms with E-state index in [1.165, 1.54) is 19.5 Å². The smallest absolute Gasteiger partial charge is 0.414 e. The number of likely N-dealkylation sites (N-methyl/N-ethyl adjacent to an activating group) is 1. The number of benzene rings is 1. The van der Waals surface area contributed by atoms with Gasteiger partial charge in [0, 0.05) is 18.6 Å². The summed E-state index contributed by atoms with van der Waals surface area (Å²) in [5, 5.41) is 15.5. The summed E-state index contributed by atoms with van der Waals surface area (Å²) in [5.41, 5.74) is 0.932. The predicted octanol–water partition coefficient (Wildman–Crippen LogP) is 1.96. The average Bonchev–Trinajstić information content (AvgIpc) is 2.64. The molecule has 0 radical (unpaired) electrons. The molecule has 0 bridgehead atoms. The van der Waals surface area contributed by atoms with Crippen LogP contribution in [-0.4, -0.2) is 76.3 Å². The molecule has 142 valence electrons. The normalized spacial score (nSPS) is 19.2. The lowest BCUT2D eigenvalue weighted by Crippen LogP contribution is -2.41. The highest BCUT2D eigenvalue weighted by Gasteiger charge is 2.25. The lowest BCUT2D eigenvalue weighted by atomic mass is 10.1. The van der Waals surface area contributed by atoms with E-state index in [2.05, 4.69) is 9.80 Å². The van der Waals surface area contributed by atoms with E-state index in [0.29, 0.717) is 5.02 Å². The molecule has 0 aromatic heterocycles. The van der Waals surface area contributed by atoms with Crippen LogP contribution in [0.1, 0.15) is 18.4 Å². The first-order valence-electron chi connectivity index (χ1n) is 8.18. The highest BCUT2D eigenvalue weighted by Crippen LogP contribution is 2.29. The van der Waals surface area contributed by atoms with Gasteiger partial charge in [0.2, 0.25) is 0 Å². The number of carbonyl (C=O) groups is 2. The number of aliphatic carboxylic acids is 2. The summed E-state index contributed by atoms with van der Waals surface area (Å²) in [6, 6.07) is 5.69. The molecule has 3 rings (SSSR count). The largest absolute Gasteiger partial charge is 0.488 e. The Kier molecular flexibility index (Phi) is 7.19. The summed E-state index contributed by atoms with van der Waals surface area (Å²) in [6.45, 7) is 4.40. The lowest BCUT2D eigenvalue weighted by molar-refractivity contribution is -0.159. The van der Waals surface area contributed by atoms with E-state index >= 15 is 0 Å². The maximum Gasteiger partial charge on any atom is 0.414 e. The van der Waals surface area contributed by atoms with Gasteiger partial charge in [-0.1, -0.05) is 23.8 Å². The lowest BCUT2D eigenvalue weighted by Gasteiger charge is -2.32. The van der Waals surface area contributed by atoms with Crippen LogP contribution in [-0.2, 0) is 9.59 Å². The van der Waals surface area contributed by atoms with Crippen molar-refractivity contribution in [2.45, 2.75) is 18.9 Å². The standard InChI is InChI=1S/C15H19ClN2OS.C2H2O4/c1-17-10-12(5-8-18-6-2-7-18)19-14-4-3-11(16)9-13(14)15(17)20;3-1(4)2(5)6/h3-4,9,12H,2,5-8,10H2,1H3;(H,3,4)(H,5,6). The van der Waals surface area contributed by atoms with Crippen molar-refractivity contribution in [3.8, 4) is 5.75 Å². The van der Waals surface area contributed by atoms with Gasteiger partial charge in [-0.25, -0.2) is 9.59 Å². The van der Waals surface area contributed by atoms with Crippen molar-refractivity contribution in [1.82, 2.24) is 9.80 Å². The Bertz CT molecular complexity index is 684. The predicted molar refractivity (Wildman–Crippen MR) is 101 cm³/mol. The van der Waals surface area contributed by atoms with E-state index < -0.39 is 11.9 Å². The molecule has 1 saturated heterocycles. The number of carboxylic acid groups (broad SMARTS) is 2. The van der Waals surface area contributed by atoms with Gasteiger partial charge in [0.1, 0.15) is 16.8 Å². The first-order chi connectivity index (χ1) is 12.3. The van der Waals surface area contributed by atoms with E-state index in [-0.39, 0.29) is 6.10 Å². The fourth-order valence-electron chi connectivity index (χ4n) is 2.67. The average molecular weight is 401 g/mol. The Hall–Kier alpha value is -1.90. The zero-order valence-corrected chi connectivity index (χ0v) is 15.9. The number of rotatable bonds is 3. The Balaban J connectivity index is 0.000000352. The zero-order valence-electron chi connectivity index (χ0n) is 14.4. The third kappa shape index (κ3) is 5.55.